The first-order chi connectivity index (χ1) is 15.2. The monoisotopic (exact) mass is 440 g/mol. The molecule has 31 heavy (non-hydrogen) atoms. The summed E-state index contributed by atoms with van der Waals surface area (Å²) in [6, 6.07) is 0. The molecule has 13 nitrogen and oxygen atoms in total. The molecule has 176 valence electrons. The Morgan fingerprint density at radius 2 is 1.90 bits per heavy atom. The summed E-state index contributed by atoms with van der Waals surface area (Å²) in [5.74, 6) is 5.71. The number of nitrogens with one attached hydrogen (secondary N) is 4. The molecule has 1 aliphatic heterocycles. The molecular formula is C18H36N10O3. The van der Waals surface area contributed by atoms with E-state index in [-0.39, 0.29) is 19.8 Å². The summed E-state index contributed by atoms with van der Waals surface area (Å²) in [6.07, 6.45) is 7.61. The van der Waals surface area contributed by atoms with Crippen LogP contribution in [0.4, 0.5) is 0 Å². The SMILES string of the molecule is NN/C(=C\NCCCO)CN(CC1=CN(CCCO)NN1)Cc1cn(CCCO)nn1. The third-order valence-electron chi connectivity index (χ3n) is 4.47. The second kappa shape index (κ2) is 14.6. The summed E-state index contributed by atoms with van der Waals surface area (Å²) in [5.41, 5.74) is 11.5. The zero-order chi connectivity index (χ0) is 22.3. The lowest BCUT2D eigenvalue weighted by Gasteiger charge is -2.23. The van der Waals surface area contributed by atoms with Crippen LogP contribution in [0.1, 0.15) is 25.0 Å². The van der Waals surface area contributed by atoms with Gasteiger partial charge in [0.15, 0.2) is 0 Å². The molecule has 9 N–H and O–H groups in total. The van der Waals surface area contributed by atoms with Crippen LogP contribution in [0.2, 0.25) is 0 Å². The fraction of sp³-hybridized carbons (Fsp3) is 0.667. The van der Waals surface area contributed by atoms with Crippen molar-refractivity contribution >= 4 is 0 Å². The molecule has 2 rings (SSSR count). The number of nitrogens with zero attached hydrogens (tertiary/aromatic N) is 5. The maximum absolute atomic E-state index is 9.01. The number of rotatable bonds is 17. The van der Waals surface area contributed by atoms with Crippen molar-refractivity contribution < 1.29 is 15.3 Å². The fourth-order valence-corrected chi connectivity index (χ4v) is 2.98. The van der Waals surface area contributed by atoms with Gasteiger partial charge in [0, 0.05) is 77.7 Å². The minimum Gasteiger partial charge on any atom is -0.396 e. The third-order valence-corrected chi connectivity index (χ3v) is 4.47. The van der Waals surface area contributed by atoms with Gasteiger partial charge in [0.2, 0.25) is 0 Å². The molecule has 1 aliphatic rings. The molecule has 0 unspecified atom stereocenters. The van der Waals surface area contributed by atoms with E-state index in [1.54, 1.807) is 4.68 Å². The van der Waals surface area contributed by atoms with Crippen molar-refractivity contribution in [2.75, 3.05) is 46.0 Å². The van der Waals surface area contributed by atoms with Gasteiger partial charge in [0.25, 0.3) is 0 Å². The van der Waals surface area contributed by atoms with Gasteiger partial charge in [0.1, 0.15) is 0 Å². The normalized spacial score (nSPS) is 14.2. The molecule has 0 saturated carbocycles. The molecule has 0 amide bonds. The first-order valence-electron chi connectivity index (χ1n) is 10.5. The second-order valence-corrected chi connectivity index (χ2v) is 7.20. The lowest BCUT2D eigenvalue weighted by molar-refractivity contribution is 0.222. The predicted molar refractivity (Wildman–Crippen MR) is 115 cm³/mol. The van der Waals surface area contributed by atoms with Crippen molar-refractivity contribution in [3.05, 3.63) is 35.7 Å². The lowest BCUT2D eigenvalue weighted by atomic mass is 10.3. The molecule has 13 heteroatoms. The number of aliphatic hydroxyl groups is 3. The minimum atomic E-state index is 0.112. The number of aryl methyl sites for hydroxylation is 1. The summed E-state index contributed by atoms with van der Waals surface area (Å²) in [4.78, 5) is 2.15. The Kier molecular flexibility index (Phi) is 11.7. The molecule has 0 radical (unpaired) electrons. The van der Waals surface area contributed by atoms with E-state index in [1.165, 1.54) is 0 Å². The van der Waals surface area contributed by atoms with Gasteiger partial charge >= 0.3 is 0 Å². The van der Waals surface area contributed by atoms with Gasteiger partial charge in [-0.25, -0.2) is 0 Å². The van der Waals surface area contributed by atoms with Gasteiger partial charge < -0.3 is 31.5 Å². The van der Waals surface area contributed by atoms with Crippen LogP contribution in [0.5, 0.6) is 0 Å². The Morgan fingerprint density at radius 1 is 1.13 bits per heavy atom. The van der Waals surface area contributed by atoms with Crippen LogP contribution < -0.4 is 27.5 Å². The molecule has 1 aromatic heterocycles. The Bertz CT molecular complexity index is 677. The molecule has 0 aromatic carbocycles. The molecule has 0 bridgehead atoms. The van der Waals surface area contributed by atoms with Crippen molar-refractivity contribution in [3.8, 4) is 0 Å². The third kappa shape index (κ3) is 9.50. The van der Waals surface area contributed by atoms with Gasteiger partial charge in [-0.1, -0.05) is 5.21 Å². The predicted octanol–water partition coefficient (Wildman–Crippen LogP) is -2.71. The van der Waals surface area contributed by atoms with E-state index in [1.807, 2.05) is 23.6 Å². The molecule has 0 fully saturated rings. The first-order valence-corrected chi connectivity index (χ1v) is 10.5. The zero-order valence-electron chi connectivity index (χ0n) is 17.9. The molecule has 2 heterocycles. The highest BCUT2D eigenvalue weighted by molar-refractivity contribution is 5.08. The Morgan fingerprint density at radius 3 is 2.65 bits per heavy atom. The van der Waals surface area contributed by atoms with E-state index >= 15 is 0 Å². The van der Waals surface area contributed by atoms with Crippen LogP contribution >= 0.6 is 0 Å². The van der Waals surface area contributed by atoms with E-state index in [4.69, 9.17) is 21.2 Å². The van der Waals surface area contributed by atoms with E-state index in [9.17, 15) is 0 Å². The van der Waals surface area contributed by atoms with Gasteiger partial charge in [-0.15, -0.1) is 10.6 Å². The number of nitrogens with two attached hydrogens (primary N) is 1. The largest absolute Gasteiger partial charge is 0.396 e. The van der Waals surface area contributed by atoms with Crippen molar-refractivity contribution in [3.63, 3.8) is 0 Å². The number of hydrazine groups is 3. The molecule has 1 aromatic rings. The summed E-state index contributed by atoms with van der Waals surface area (Å²) < 4.78 is 1.73. The van der Waals surface area contributed by atoms with Crippen molar-refractivity contribution in [1.82, 2.24) is 46.6 Å². The molecule has 0 aliphatic carbocycles. The number of aliphatic hydroxyl groups excluding tert-OH is 3. The average molecular weight is 441 g/mol. The van der Waals surface area contributed by atoms with Crippen molar-refractivity contribution in [2.45, 2.75) is 32.4 Å². The van der Waals surface area contributed by atoms with Crippen LogP contribution in [0.15, 0.2) is 30.0 Å². The molecule has 0 spiro atoms. The first kappa shape index (κ1) is 24.8. The maximum Gasteiger partial charge on any atom is 0.0967 e. The average Bonchev–Trinajstić information content (AvgIpc) is 3.42. The highest BCUT2D eigenvalue weighted by atomic mass is 16.3. The molecule has 0 saturated heterocycles. The van der Waals surface area contributed by atoms with Crippen LogP contribution in [-0.4, -0.2) is 86.2 Å². The smallest absolute Gasteiger partial charge is 0.0967 e. The van der Waals surface area contributed by atoms with Crippen LogP contribution in [-0.2, 0) is 13.1 Å². The second-order valence-electron chi connectivity index (χ2n) is 7.20. The zero-order valence-corrected chi connectivity index (χ0v) is 17.9. The summed E-state index contributed by atoms with van der Waals surface area (Å²) in [5, 5.41) is 40.3. The Hall–Kier alpha value is -2.42. The Balaban J connectivity index is 2.02. The van der Waals surface area contributed by atoms with E-state index in [0.717, 1.165) is 17.1 Å². The maximum atomic E-state index is 9.01. The summed E-state index contributed by atoms with van der Waals surface area (Å²) >= 11 is 0. The molecule has 0 atom stereocenters. The number of hydrogen-bond donors (Lipinski definition) is 8. The van der Waals surface area contributed by atoms with Gasteiger partial charge in [-0.2, -0.15) is 0 Å². The fourth-order valence-electron chi connectivity index (χ4n) is 2.98. The van der Waals surface area contributed by atoms with Crippen LogP contribution in [0, 0.1) is 0 Å². The standard InChI is InChI=1S/C18H36N10O3/c19-21-16(10-20-4-1-7-29)11-26(12-17-14-27(24-22-17)5-2-8-30)13-18-15-28(25-23-18)6-3-9-31/h10,14-15,20-22,24,29-31H,1-9,11-13,19H2/b16-10-. The number of hydrogen-bond acceptors (Lipinski definition) is 12. The Labute approximate surface area is 182 Å². The van der Waals surface area contributed by atoms with E-state index < -0.39 is 0 Å². The topological polar surface area (TPSA) is 172 Å². The highest BCUT2D eigenvalue weighted by Crippen LogP contribution is 2.09. The summed E-state index contributed by atoms with van der Waals surface area (Å²) in [6.45, 7) is 4.01. The van der Waals surface area contributed by atoms with E-state index in [2.05, 4.69) is 36.9 Å². The van der Waals surface area contributed by atoms with Gasteiger partial charge in [0.05, 0.1) is 17.1 Å². The van der Waals surface area contributed by atoms with Crippen LogP contribution in [0.3, 0.4) is 0 Å². The van der Waals surface area contributed by atoms with Gasteiger partial charge in [-0.3, -0.25) is 20.4 Å². The summed E-state index contributed by atoms with van der Waals surface area (Å²) in [7, 11) is 0. The van der Waals surface area contributed by atoms with Crippen molar-refractivity contribution in [1.29, 1.82) is 0 Å². The lowest BCUT2D eigenvalue weighted by Crippen LogP contribution is -2.40. The van der Waals surface area contributed by atoms with Gasteiger partial charge in [-0.05, 0) is 19.3 Å². The molecular weight excluding hydrogens is 404 g/mol. The highest BCUT2D eigenvalue weighted by Gasteiger charge is 2.17. The van der Waals surface area contributed by atoms with Crippen molar-refractivity contribution in [2.24, 2.45) is 5.84 Å². The quantitative estimate of drug-likeness (QED) is 0.0716. The number of aromatic nitrogens is 3. The minimum absolute atomic E-state index is 0.112. The van der Waals surface area contributed by atoms with Crippen LogP contribution in [0.25, 0.3) is 0 Å². The van der Waals surface area contributed by atoms with E-state index in [0.29, 0.717) is 58.5 Å².